The number of aromatic amines is 2. The molecule has 5 heteroatoms. The van der Waals surface area contributed by atoms with Gasteiger partial charge in [0, 0.05) is 0 Å². The molecule has 0 saturated carbocycles. The first-order chi connectivity index (χ1) is 7.18. The Labute approximate surface area is 92.0 Å². The molecule has 0 fully saturated rings. The van der Waals surface area contributed by atoms with E-state index < -0.39 is 5.97 Å². The largest absolute Gasteiger partial charge is 0.478 e. The molecule has 2 aromatic rings. The first-order valence-corrected chi connectivity index (χ1v) is 5.03. The van der Waals surface area contributed by atoms with Gasteiger partial charge in [0.05, 0.1) is 16.6 Å². The lowest BCUT2D eigenvalue weighted by Gasteiger charge is -1.94. The highest BCUT2D eigenvalue weighted by molar-refractivity contribution is 7.71. The molecule has 1 heterocycles. The second kappa shape index (κ2) is 4.75. The number of carboxylic acid groups (broad SMARTS) is 1. The van der Waals surface area contributed by atoms with Crippen molar-refractivity contribution >= 4 is 29.2 Å². The summed E-state index contributed by atoms with van der Waals surface area (Å²) in [4.78, 5) is 16.4. The molecule has 15 heavy (non-hydrogen) atoms. The van der Waals surface area contributed by atoms with Crippen LogP contribution in [0.3, 0.4) is 0 Å². The molecule has 0 aliphatic carbocycles. The SMILES string of the molecule is CC.O=C(O)c1cccc2[nH]c(=S)[nH]c12. The molecule has 1 aromatic heterocycles. The lowest BCUT2D eigenvalue weighted by molar-refractivity contribution is 0.0699. The van der Waals surface area contributed by atoms with E-state index >= 15 is 0 Å². The van der Waals surface area contributed by atoms with Gasteiger partial charge in [0.25, 0.3) is 0 Å². The lowest BCUT2D eigenvalue weighted by atomic mass is 10.2. The fourth-order valence-corrected chi connectivity index (χ4v) is 1.45. The normalized spacial score (nSPS) is 9.47. The molecule has 1 aromatic carbocycles. The van der Waals surface area contributed by atoms with Crippen molar-refractivity contribution < 1.29 is 9.90 Å². The van der Waals surface area contributed by atoms with E-state index in [0.29, 0.717) is 15.8 Å². The van der Waals surface area contributed by atoms with Crippen molar-refractivity contribution in [3.63, 3.8) is 0 Å². The molecule has 2 rings (SSSR count). The first-order valence-electron chi connectivity index (χ1n) is 4.63. The van der Waals surface area contributed by atoms with E-state index in [9.17, 15) is 4.79 Å². The standard InChI is InChI=1S/C8H6N2O2S.C2H6/c11-7(12)4-2-1-3-5-6(4)10-8(13)9-5;1-2/h1-3H,(H,11,12)(H2,9,10,13);1-2H3. The number of aromatic carboxylic acids is 1. The van der Waals surface area contributed by atoms with Crippen LogP contribution in [0.15, 0.2) is 18.2 Å². The number of aromatic nitrogens is 2. The Bertz CT molecular complexity index is 527. The van der Waals surface area contributed by atoms with Gasteiger partial charge >= 0.3 is 5.97 Å². The number of H-pyrrole nitrogens is 2. The summed E-state index contributed by atoms with van der Waals surface area (Å²) in [6, 6.07) is 4.97. The fourth-order valence-electron chi connectivity index (χ4n) is 1.24. The number of rotatable bonds is 1. The van der Waals surface area contributed by atoms with E-state index in [4.69, 9.17) is 17.3 Å². The Hall–Kier alpha value is -1.62. The smallest absolute Gasteiger partial charge is 0.337 e. The molecule has 0 spiro atoms. The van der Waals surface area contributed by atoms with Crippen LogP contribution in [0.4, 0.5) is 0 Å². The summed E-state index contributed by atoms with van der Waals surface area (Å²) in [6.45, 7) is 4.00. The molecule has 0 atom stereocenters. The molecule has 0 saturated heterocycles. The van der Waals surface area contributed by atoms with Crippen LogP contribution in [-0.2, 0) is 0 Å². The Morgan fingerprint density at radius 1 is 1.33 bits per heavy atom. The number of fused-ring (bicyclic) bond motifs is 1. The highest BCUT2D eigenvalue weighted by Crippen LogP contribution is 2.14. The molecule has 4 nitrogen and oxygen atoms in total. The van der Waals surface area contributed by atoms with Gasteiger partial charge in [0.1, 0.15) is 0 Å². The maximum absolute atomic E-state index is 10.8. The van der Waals surface area contributed by atoms with Crippen molar-refractivity contribution in [3.05, 3.63) is 28.5 Å². The van der Waals surface area contributed by atoms with Crippen LogP contribution in [0.5, 0.6) is 0 Å². The second-order valence-corrected chi connectivity index (χ2v) is 3.02. The third-order valence-corrected chi connectivity index (χ3v) is 1.99. The summed E-state index contributed by atoms with van der Waals surface area (Å²) >= 11 is 4.86. The van der Waals surface area contributed by atoms with Gasteiger partial charge in [0.2, 0.25) is 0 Å². The van der Waals surface area contributed by atoms with Crippen LogP contribution in [0.1, 0.15) is 24.2 Å². The number of benzene rings is 1. The lowest BCUT2D eigenvalue weighted by Crippen LogP contribution is -1.96. The van der Waals surface area contributed by atoms with E-state index in [1.165, 1.54) is 6.07 Å². The zero-order valence-electron chi connectivity index (χ0n) is 8.50. The van der Waals surface area contributed by atoms with E-state index in [-0.39, 0.29) is 5.56 Å². The van der Waals surface area contributed by atoms with E-state index in [0.717, 1.165) is 0 Å². The number of imidazole rings is 1. The minimum Gasteiger partial charge on any atom is -0.478 e. The van der Waals surface area contributed by atoms with Gasteiger partial charge in [-0.15, -0.1) is 0 Å². The molecule has 3 N–H and O–H groups in total. The van der Waals surface area contributed by atoms with Crippen LogP contribution in [0.2, 0.25) is 0 Å². The molecule has 0 amide bonds. The average molecular weight is 224 g/mol. The van der Waals surface area contributed by atoms with Crippen molar-refractivity contribution in [1.29, 1.82) is 0 Å². The number of para-hydroxylation sites is 1. The summed E-state index contributed by atoms with van der Waals surface area (Å²) in [5, 5.41) is 8.82. The van der Waals surface area contributed by atoms with Gasteiger partial charge < -0.3 is 15.1 Å². The summed E-state index contributed by atoms with van der Waals surface area (Å²) in [5.41, 5.74) is 1.48. The van der Waals surface area contributed by atoms with Crippen LogP contribution < -0.4 is 0 Å². The van der Waals surface area contributed by atoms with Crippen LogP contribution in [-0.4, -0.2) is 21.0 Å². The number of hydrogen-bond donors (Lipinski definition) is 3. The van der Waals surface area contributed by atoms with Crippen molar-refractivity contribution in [2.24, 2.45) is 0 Å². The summed E-state index contributed by atoms with van der Waals surface area (Å²) in [5.74, 6) is -0.962. The topological polar surface area (TPSA) is 68.9 Å². The number of hydrogen-bond acceptors (Lipinski definition) is 2. The zero-order chi connectivity index (χ0) is 11.4. The van der Waals surface area contributed by atoms with Gasteiger partial charge in [-0.05, 0) is 24.4 Å². The Morgan fingerprint density at radius 3 is 2.60 bits per heavy atom. The number of nitrogens with one attached hydrogen (secondary N) is 2. The molecule has 0 bridgehead atoms. The van der Waals surface area contributed by atoms with Gasteiger partial charge in [-0.25, -0.2) is 4.79 Å². The monoisotopic (exact) mass is 224 g/mol. The predicted octanol–water partition coefficient (Wildman–Crippen LogP) is 2.95. The maximum Gasteiger partial charge on any atom is 0.337 e. The first kappa shape index (κ1) is 11.5. The van der Waals surface area contributed by atoms with Gasteiger partial charge in [-0.1, -0.05) is 19.9 Å². The Kier molecular flexibility index (Phi) is 3.62. The van der Waals surface area contributed by atoms with Crippen molar-refractivity contribution in [2.45, 2.75) is 13.8 Å². The van der Waals surface area contributed by atoms with Crippen molar-refractivity contribution in [2.75, 3.05) is 0 Å². The average Bonchev–Trinajstić information content (AvgIpc) is 2.60. The molecular weight excluding hydrogens is 212 g/mol. The van der Waals surface area contributed by atoms with Gasteiger partial charge in [0.15, 0.2) is 4.77 Å². The third kappa shape index (κ3) is 2.24. The van der Waals surface area contributed by atoms with Crippen molar-refractivity contribution in [1.82, 2.24) is 9.97 Å². The third-order valence-electron chi connectivity index (χ3n) is 1.78. The molecular formula is C10H12N2O2S. The maximum atomic E-state index is 10.8. The summed E-state index contributed by atoms with van der Waals surface area (Å²) < 4.78 is 0.434. The highest BCUT2D eigenvalue weighted by Gasteiger charge is 2.08. The van der Waals surface area contributed by atoms with Gasteiger partial charge in [-0.3, -0.25) is 0 Å². The number of carboxylic acids is 1. The zero-order valence-corrected chi connectivity index (χ0v) is 9.31. The van der Waals surface area contributed by atoms with Crippen LogP contribution >= 0.6 is 12.2 Å². The molecule has 80 valence electrons. The fraction of sp³-hybridized carbons (Fsp3) is 0.200. The minimum atomic E-state index is -0.962. The minimum absolute atomic E-state index is 0.227. The summed E-state index contributed by atoms with van der Waals surface area (Å²) in [6.07, 6.45) is 0. The predicted molar refractivity (Wildman–Crippen MR) is 61.8 cm³/mol. The van der Waals surface area contributed by atoms with Crippen LogP contribution in [0, 0.1) is 4.77 Å². The van der Waals surface area contributed by atoms with E-state index in [1.54, 1.807) is 12.1 Å². The second-order valence-electron chi connectivity index (χ2n) is 2.61. The molecule has 0 unspecified atom stereocenters. The highest BCUT2D eigenvalue weighted by atomic mass is 32.1. The molecule has 0 radical (unpaired) electrons. The van der Waals surface area contributed by atoms with Gasteiger partial charge in [-0.2, -0.15) is 0 Å². The van der Waals surface area contributed by atoms with Crippen LogP contribution in [0.25, 0.3) is 11.0 Å². The van der Waals surface area contributed by atoms with E-state index in [1.807, 2.05) is 13.8 Å². The number of carbonyl (C=O) groups is 1. The Morgan fingerprint density at radius 2 is 2.00 bits per heavy atom. The van der Waals surface area contributed by atoms with E-state index in [2.05, 4.69) is 9.97 Å². The Balaban J connectivity index is 0.000000531. The summed E-state index contributed by atoms with van der Waals surface area (Å²) in [7, 11) is 0. The molecule has 0 aliphatic heterocycles. The molecule has 0 aliphatic rings. The van der Waals surface area contributed by atoms with Crippen molar-refractivity contribution in [3.8, 4) is 0 Å². The quantitative estimate of drug-likeness (QED) is 0.652.